The average Bonchev–Trinajstić information content (AvgIpc) is 1.87. The molecule has 0 aliphatic carbocycles. The van der Waals surface area contributed by atoms with Crippen molar-refractivity contribution >= 4 is 0 Å². The van der Waals surface area contributed by atoms with Gasteiger partial charge in [-0.05, 0) is 26.0 Å². The van der Waals surface area contributed by atoms with E-state index in [9.17, 15) is 0 Å². The molecule has 0 aromatic carbocycles. The largest absolute Gasteiger partial charge is 0.375 e. The van der Waals surface area contributed by atoms with Gasteiger partial charge in [0.1, 0.15) is 6.23 Å². The molecule has 2 nitrogen and oxygen atoms in total. The third kappa shape index (κ3) is 3.27. The lowest BCUT2D eigenvalue weighted by Crippen LogP contribution is -2.29. The van der Waals surface area contributed by atoms with Crippen LogP contribution in [-0.4, -0.2) is 17.9 Å². The molecule has 0 rings (SSSR count). The molecule has 2 N–H and O–H groups in total. The van der Waals surface area contributed by atoms with Gasteiger partial charge < -0.3 is 5.11 Å². The van der Waals surface area contributed by atoms with Crippen molar-refractivity contribution < 1.29 is 5.11 Å². The van der Waals surface area contributed by atoms with Crippen molar-refractivity contribution in [1.82, 2.24) is 5.32 Å². The van der Waals surface area contributed by atoms with Gasteiger partial charge in [0.05, 0.1) is 0 Å². The number of hydrogen-bond acceptors (Lipinski definition) is 2. The first-order valence-electron chi connectivity index (χ1n) is 3.26. The van der Waals surface area contributed by atoms with Crippen LogP contribution in [0.25, 0.3) is 0 Å². The Morgan fingerprint density at radius 2 is 2.33 bits per heavy atom. The van der Waals surface area contributed by atoms with Gasteiger partial charge in [0, 0.05) is 0 Å². The Labute approximate surface area is 56.6 Å². The lowest BCUT2D eigenvalue weighted by Gasteiger charge is -2.10. The number of nitrogens with one attached hydrogen (secondary N) is 1. The molecule has 1 unspecified atom stereocenters. The van der Waals surface area contributed by atoms with E-state index in [-0.39, 0.29) is 0 Å². The molecule has 1 atom stereocenters. The van der Waals surface area contributed by atoms with Gasteiger partial charge in [-0.2, -0.15) is 0 Å². The van der Waals surface area contributed by atoms with Crippen LogP contribution in [0.5, 0.6) is 0 Å². The highest BCUT2D eigenvalue weighted by Gasteiger charge is 1.99. The van der Waals surface area contributed by atoms with E-state index in [1.165, 1.54) is 0 Å². The first kappa shape index (κ1) is 8.66. The molecule has 0 heterocycles. The van der Waals surface area contributed by atoms with Gasteiger partial charge in [0.15, 0.2) is 0 Å². The predicted molar refractivity (Wildman–Crippen MR) is 39.1 cm³/mol. The molecule has 0 amide bonds. The van der Waals surface area contributed by atoms with Crippen molar-refractivity contribution in [3.63, 3.8) is 0 Å². The molecule has 2 heteroatoms. The smallest absolute Gasteiger partial charge is 0.126 e. The highest BCUT2D eigenvalue weighted by molar-refractivity contribution is 5.00. The van der Waals surface area contributed by atoms with E-state index in [1.54, 1.807) is 0 Å². The van der Waals surface area contributed by atoms with Crippen LogP contribution in [-0.2, 0) is 0 Å². The van der Waals surface area contributed by atoms with Crippen molar-refractivity contribution in [3.8, 4) is 0 Å². The highest BCUT2D eigenvalue weighted by Crippen LogP contribution is 1.95. The van der Waals surface area contributed by atoms with E-state index in [0.717, 1.165) is 12.1 Å². The maximum atomic E-state index is 9.14. The van der Waals surface area contributed by atoms with Crippen molar-refractivity contribution in [1.29, 1.82) is 0 Å². The first-order chi connectivity index (χ1) is 4.22. The fourth-order valence-corrected chi connectivity index (χ4v) is 0.512. The third-order valence-corrected chi connectivity index (χ3v) is 1.28. The third-order valence-electron chi connectivity index (χ3n) is 1.28. The molecule has 0 radical (unpaired) electrons. The number of allylic oxidation sites excluding steroid dienone is 1. The number of aliphatic hydroxyl groups is 1. The summed E-state index contributed by atoms with van der Waals surface area (Å²) in [5.74, 6) is 0. The van der Waals surface area contributed by atoms with Gasteiger partial charge in [-0.15, -0.1) is 0 Å². The Morgan fingerprint density at radius 3 is 2.67 bits per heavy atom. The van der Waals surface area contributed by atoms with E-state index in [2.05, 4.69) is 5.32 Å². The van der Waals surface area contributed by atoms with E-state index in [1.807, 2.05) is 26.8 Å². The van der Waals surface area contributed by atoms with Crippen LogP contribution >= 0.6 is 0 Å². The van der Waals surface area contributed by atoms with E-state index in [4.69, 9.17) is 5.11 Å². The van der Waals surface area contributed by atoms with Crippen molar-refractivity contribution in [2.45, 2.75) is 27.0 Å². The molecule has 54 valence electrons. The molecule has 0 aliphatic rings. The van der Waals surface area contributed by atoms with Crippen LogP contribution in [0.15, 0.2) is 11.6 Å². The second-order valence-corrected chi connectivity index (χ2v) is 1.99. The fraction of sp³-hybridized carbons (Fsp3) is 0.714. The normalized spacial score (nSPS) is 15.8. The van der Waals surface area contributed by atoms with Crippen LogP contribution in [0.3, 0.4) is 0 Å². The van der Waals surface area contributed by atoms with Gasteiger partial charge >= 0.3 is 0 Å². The minimum atomic E-state index is -0.458. The first-order valence-corrected chi connectivity index (χ1v) is 3.26. The molecular formula is C7H15NO. The topological polar surface area (TPSA) is 32.3 Å². The van der Waals surface area contributed by atoms with Crippen molar-refractivity contribution in [2.75, 3.05) is 6.54 Å². The minimum absolute atomic E-state index is 0.458. The van der Waals surface area contributed by atoms with Gasteiger partial charge in [0.2, 0.25) is 0 Å². The standard InChI is InChI=1S/C7H15NO/c1-4-6(3)7(9)8-5-2/h4,7-9H,5H2,1-3H3/b6-4+. The zero-order chi connectivity index (χ0) is 7.28. The van der Waals surface area contributed by atoms with Crippen LogP contribution < -0.4 is 5.32 Å². The van der Waals surface area contributed by atoms with Gasteiger partial charge in [-0.3, -0.25) is 5.32 Å². The van der Waals surface area contributed by atoms with Crippen LogP contribution in [0, 0.1) is 0 Å². The van der Waals surface area contributed by atoms with Crippen LogP contribution in [0.1, 0.15) is 20.8 Å². The Bertz CT molecular complexity index is 99.1. The Hall–Kier alpha value is -0.340. The van der Waals surface area contributed by atoms with Crippen molar-refractivity contribution in [3.05, 3.63) is 11.6 Å². The Balaban J connectivity index is 3.59. The van der Waals surface area contributed by atoms with E-state index < -0.39 is 6.23 Å². The molecule has 0 aromatic heterocycles. The number of likely N-dealkylation sites (N-methyl/N-ethyl adjacent to an activating group) is 1. The summed E-state index contributed by atoms with van der Waals surface area (Å²) in [6, 6.07) is 0. The minimum Gasteiger partial charge on any atom is -0.375 e. The lowest BCUT2D eigenvalue weighted by molar-refractivity contribution is 0.175. The zero-order valence-electron chi connectivity index (χ0n) is 6.31. The summed E-state index contributed by atoms with van der Waals surface area (Å²) in [5, 5.41) is 12.0. The second-order valence-electron chi connectivity index (χ2n) is 1.99. The molecule has 0 saturated heterocycles. The Kier molecular flexibility index (Phi) is 4.36. The number of rotatable bonds is 3. The summed E-state index contributed by atoms with van der Waals surface area (Å²) in [6.45, 7) is 6.57. The molecule has 0 bridgehead atoms. The maximum Gasteiger partial charge on any atom is 0.126 e. The van der Waals surface area contributed by atoms with Gasteiger partial charge in [0.25, 0.3) is 0 Å². The second kappa shape index (κ2) is 4.53. The fourth-order valence-electron chi connectivity index (χ4n) is 0.512. The molecule has 0 aliphatic heterocycles. The van der Waals surface area contributed by atoms with Crippen LogP contribution in [0.2, 0.25) is 0 Å². The summed E-state index contributed by atoms with van der Waals surface area (Å²) in [6.07, 6.45) is 1.44. The summed E-state index contributed by atoms with van der Waals surface area (Å²) < 4.78 is 0. The number of aliphatic hydroxyl groups excluding tert-OH is 1. The van der Waals surface area contributed by atoms with E-state index in [0.29, 0.717) is 0 Å². The molecule has 0 fully saturated rings. The predicted octanol–water partition coefficient (Wildman–Crippen LogP) is 0.881. The Morgan fingerprint density at radius 1 is 1.78 bits per heavy atom. The molecule has 9 heavy (non-hydrogen) atoms. The molecular weight excluding hydrogens is 114 g/mol. The lowest BCUT2D eigenvalue weighted by atomic mass is 10.2. The monoisotopic (exact) mass is 129 g/mol. The summed E-state index contributed by atoms with van der Waals surface area (Å²) in [7, 11) is 0. The van der Waals surface area contributed by atoms with Crippen LogP contribution in [0.4, 0.5) is 0 Å². The maximum absolute atomic E-state index is 9.14. The summed E-state index contributed by atoms with van der Waals surface area (Å²) >= 11 is 0. The molecule has 0 spiro atoms. The van der Waals surface area contributed by atoms with Crippen molar-refractivity contribution in [2.24, 2.45) is 0 Å². The molecule has 0 saturated carbocycles. The van der Waals surface area contributed by atoms with Gasteiger partial charge in [-0.1, -0.05) is 13.0 Å². The SMILES string of the molecule is C/C=C(\C)C(O)NCC. The van der Waals surface area contributed by atoms with Gasteiger partial charge in [-0.25, -0.2) is 0 Å². The highest BCUT2D eigenvalue weighted by atomic mass is 16.3. The van der Waals surface area contributed by atoms with E-state index >= 15 is 0 Å². The summed E-state index contributed by atoms with van der Waals surface area (Å²) in [4.78, 5) is 0. The number of hydrogen-bond donors (Lipinski definition) is 2. The summed E-state index contributed by atoms with van der Waals surface area (Å²) in [5.41, 5.74) is 0.969. The quantitative estimate of drug-likeness (QED) is 0.438. The zero-order valence-corrected chi connectivity index (χ0v) is 6.31. The average molecular weight is 129 g/mol. The molecule has 0 aromatic rings.